The Morgan fingerprint density at radius 1 is 1.47 bits per heavy atom. The fourth-order valence-electron chi connectivity index (χ4n) is 1.26. The molecule has 19 heavy (non-hydrogen) atoms. The second-order valence-electron chi connectivity index (χ2n) is 4.05. The Bertz CT molecular complexity index is 465. The van der Waals surface area contributed by atoms with E-state index in [1.807, 2.05) is 13.8 Å². The molecule has 6 heteroatoms. The summed E-state index contributed by atoms with van der Waals surface area (Å²) in [6, 6.07) is 3.38. The number of ether oxygens (including phenoxy) is 1. The smallest absolute Gasteiger partial charge is 0.328 e. The Morgan fingerprint density at radius 3 is 2.84 bits per heavy atom. The van der Waals surface area contributed by atoms with E-state index in [9.17, 15) is 9.59 Å². The Balaban J connectivity index is 2.43. The summed E-state index contributed by atoms with van der Waals surface area (Å²) in [6.45, 7) is 4.79. The third kappa shape index (κ3) is 6.17. The molecule has 0 unspecified atom stereocenters. The van der Waals surface area contributed by atoms with E-state index >= 15 is 0 Å². The minimum absolute atomic E-state index is 0.145. The normalized spacial score (nSPS) is 11.1. The van der Waals surface area contributed by atoms with Crippen LogP contribution in [-0.2, 0) is 9.53 Å². The zero-order chi connectivity index (χ0) is 14.3. The van der Waals surface area contributed by atoms with E-state index < -0.39 is 5.97 Å². The summed E-state index contributed by atoms with van der Waals surface area (Å²) in [5, 5.41) is 11.2. The van der Waals surface area contributed by atoms with E-state index in [2.05, 4.69) is 5.32 Å². The minimum atomic E-state index is -1.01. The molecule has 2 N–H and O–H groups in total. The van der Waals surface area contributed by atoms with Crippen molar-refractivity contribution in [1.82, 2.24) is 5.32 Å². The van der Waals surface area contributed by atoms with E-state index in [1.54, 1.807) is 12.1 Å². The summed E-state index contributed by atoms with van der Waals surface area (Å²) in [5.41, 5.74) is 0. The van der Waals surface area contributed by atoms with Crippen molar-refractivity contribution < 1.29 is 19.4 Å². The Kier molecular flexibility index (Phi) is 6.24. The number of hydrogen-bond acceptors (Lipinski definition) is 4. The number of amides is 1. The summed E-state index contributed by atoms with van der Waals surface area (Å²) in [5.74, 6) is -1.18. The summed E-state index contributed by atoms with van der Waals surface area (Å²) in [6.07, 6.45) is 2.65. The monoisotopic (exact) mass is 283 g/mol. The van der Waals surface area contributed by atoms with Crippen LogP contribution in [0.5, 0.6) is 0 Å². The van der Waals surface area contributed by atoms with Crippen molar-refractivity contribution in [1.29, 1.82) is 0 Å². The first-order valence-electron chi connectivity index (χ1n) is 5.89. The average molecular weight is 283 g/mol. The molecule has 1 amide bonds. The predicted molar refractivity (Wildman–Crippen MR) is 74.4 cm³/mol. The second-order valence-corrected chi connectivity index (χ2v) is 5.16. The van der Waals surface area contributed by atoms with E-state index in [0.717, 1.165) is 11.0 Å². The van der Waals surface area contributed by atoms with E-state index in [4.69, 9.17) is 9.84 Å². The summed E-state index contributed by atoms with van der Waals surface area (Å²) >= 11 is 1.24. The predicted octanol–water partition coefficient (Wildman–Crippen LogP) is 2.00. The van der Waals surface area contributed by atoms with Crippen molar-refractivity contribution in [2.24, 2.45) is 0 Å². The van der Waals surface area contributed by atoms with Gasteiger partial charge in [0.1, 0.15) is 0 Å². The van der Waals surface area contributed by atoms with Gasteiger partial charge in [0.2, 0.25) is 0 Å². The van der Waals surface area contributed by atoms with E-state index in [0.29, 0.717) is 18.0 Å². The van der Waals surface area contributed by atoms with Crippen LogP contribution in [0.15, 0.2) is 18.2 Å². The number of carboxylic acids is 1. The zero-order valence-corrected chi connectivity index (χ0v) is 11.7. The zero-order valence-electron chi connectivity index (χ0n) is 10.9. The molecule has 0 aliphatic heterocycles. The molecule has 5 nitrogen and oxygen atoms in total. The highest BCUT2D eigenvalue weighted by molar-refractivity contribution is 7.14. The molecule has 1 rings (SSSR count). The van der Waals surface area contributed by atoms with Gasteiger partial charge in [0.05, 0.1) is 17.6 Å². The third-order valence-corrected chi connectivity index (χ3v) is 3.13. The number of thiophene rings is 1. The van der Waals surface area contributed by atoms with Crippen LogP contribution in [0.3, 0.4) is 0 Å². The van der Waals surface area contributed by atoms with Gasteiger partial charge in [-0.05, 0) is 32.1 Å². The number of carboxylic acid groups (broad SMARTS) is 1. The minimum Gasteiger partial charge on any atom is -0.478 e. The van der Waals surface area contributed by atoms with Gasteiger partial charge in [-0.3, -0.25) is 4.79 Å². The van der Waals surface area contributed by atoms with Crippen molar-refractivity contribution in [3.05, 3.63) is 28.0 Å². The largest absolute Gasteiger partial charge is 0.478 e. The molecule has 0 fully saturated rings. The highest BCUT2D eigenvalue weighted by Crippen LogP contribution is 2.17. The quantitative estimate of drug-likeness (QED) is 0.593. The van der Waals surface area contributed by atoms with Crippen molar-refractivity contribution in [2.75, 3.05) is 13.2 Å². The van der Waals surface area contributed by atoms with E-state index in [1.165, 1.54) is 17.4 Å². The Hall–Kier alpha value is -1.66. The van der Waals surface area contributed by atoms with Crippen LogP contribution in [-0.4, -0.2) is 36.2 Å². The van der Waals surface area contributed by atoms with Gasteiger partial charge in [0, 0.05) is 17.5 Å². The number of aliphatic carboxylic acids is 1. The molecule has 0 spiro atoms. The fourth-order valence-corrected chi connectivity index (χ4v) is 2.09. The van der Waals surface area contributed by atoms with Crippen molar-refractivity contribution >= 4 is 29.3 Å². The number of hydrogen-bond donors (Lipinski definition) is 2. The number of carbonyl (C=O) groups is 2. The molecule has 0 aromatic carbocycles. The van der Waals surface area contributed by atoms with E-state index in [-0.39, 0.29) is 12.0 Å². The lowest BCUT2D eigenvalue weighted by Gasteiger charge is -2.07. The molecule has 1 heterocycles. The molecule has 0 bridgehead atoms. The van der Waals surface area contributed by atoms with Gasteiger partial charge >= 0.3 is 5.97 Å². The molecular weight excluding hydrogens is 266 g/mol. The Labute approximate surface area is 115 Å². The molecule has 1 aromatic rings. The van der Waals surface area contributed by atoms with Crippen LogP contribution in [0.25, 0.3) is 6.08 Å². The molecular formula is C13H17NO4S. The Morgan fingerprint density at radius 2 is 2.21 bits per heavy atom. The number of nitrogens with one attached hydrogen (secondary N) is 1. The van der Waals surface area contributed by atoms with Gasteiger partial charge in [0.15, 0.2) is 0 Å². The molecule has 0 saturated heterocycles. The van der Waals surface area contributed by atoms with Gasteiger partial charge in [0.25, 0.3) is 5.91 Å². The fraction of sp³-hybridized carbons (Fsp3) is 0.385. The second kappa shape index (κ2) is 7.70. The van der Waals surface area contributed by atoms with Gasteiger partial charge in [-0.1, -0.05) is 0 Å². The van der Waals surface area contributed by atoms with Gasteiger partial charge in [-0.25, -0.2) is 4.79 Å². The van der Waals surface area contributed by atoms with Crippen LogP contribution in [0.4, 0.5) is 0 Å². The first kappa shape index (κ1) is 15.4. The molecule has 0 saturated carbocycles. The third-order valence-electron chi connectivity index (χ3n) is 2.08. The lowest BCUT2D eigenvalue weighted by molar-refractivity contribution is -0.131. The summed E-state index contributed by atoms with van der Waals surface area (Å²) < 4.78 is 5.31. The summed E-state index contributed by atoms with van der Waals surface area (Å²) in [4.78, 5) is 23.4. The van der Waals surface area contributed by atoms with Crippen molar-refractivity contribution in [2.45, 2.75) is 20.0 Å². The summed E-state index contributed by atoms with van der Waals surface area (Å²) in [7, 11) is 0. The average Bonchev–Trinajstić information content (AvgIpc) is 2.80. The first-order chi connectivity index (χ1) is 8.99. The highest BCUT2D eigenvalue weighted by Gasteiger charge is 2.07. The molecule has 0 radical (unpaired) electrons. The van der Waals surface area contributed by atoms with Crippen LogP contribution < -0.4 is 5.32 Å². The molecule has 0 aliphatic carbocycles. The number of carbonyl (C=O) groups excluding carboxylic acids is 1. The lowest BCUT2D eigenvalue weighted by atomic mass is 10.4. The number of rotatable bonds is 7. The standard InChI is InChI=1S/C13H17NO4S/c1-9(2)18-8-7-14-13(17)11-5-3-10(19-11)4-6-12(15)16/h3-6,9H,7-8H2,1-2H3,(H,14,17)(H,15,16)/b6-4+. The van der Waals surface area contributed by atoms with Crippen LogP contribution >= 0.6 is 11.3 Å². The molecule has 104 valence electrons. The highest BCUT2D eigenvalue weighted by atomic mass is 32.1. The lowest BCUT2D eigenvalue weighted by Crippen LogP contribution is -2.27. The van der Waals surface area contributed by atoms with Crippen molar-refractivity contribution in [3.8, 4) is 0 Å². The maximum absolute atomic E-state index is 11.7. The SMILES string of the molecule is CC(C)OCCNC(=O)c1ccc(/C=C/C(=O)O)s1. The topological polar surface area (TPSA) is 75.6 Å². The van der Waals surface area contributed by atoms with Crippen molar-refractivity contribution in [3.63, 3.8) is 0 Å². The first-order valence-corrected chi connectivity index (χ1v) is 6.71. The van der Waals surface area contributed by atoms with Gasteiger partial charge in [-0.15, -0.1) is 11.3 Å². The van der Waals surface area contributed by atoms with Crippen LogP contribution in [0.2, 0.25) is 0 Å². The van der Waals surface area contributed by atoms with Crippen LogP contribution in [0.1, 0.15) is 28.4 Å². The van der Waals surface area contributed by atoms with Gasteiger partial charge in [-0.2, -0.15) is 0 Å². The maximum atomic E-state index is 11.7. The molecule has 0 aliphatic rings. The maximum Gasteiger partial charge on any atom is 0.328 e. The van der Waals surface area contributed by atoms with Crippen LogP contribution in [0, 0.1) is 0 Å². The molecule has 1 aromatic heterocycles. The molecule has 0 atom stereocenters. The van der Waals surface area contributed by atoms with Gasteiger partial charge < -0.3 is 15.2 Å².